The molecule has 0 bridgehead atoms. The van der Waals surface area contributed by atoms with Crippen LogP contribution in [0, 0.1) is 15.5 Å². The van der Waals surface area contributed by atoms with Crippen LogP contribution in [0.25, 0.3) is 6.08 Å². The maximum absolute atomic E-state index is 14.5. The number of Topliss-reactive ketones (excluding diaryl/α,β-unsaturated/α-hetero) is 3. The fourth-order valence-electron chi connectivity index (χ4n) is 6.66. The second-order valence-electron chi connectivity index (χ2n) is 9.96. The van der Waals surface area contributed by atoms with Gasteiger partial charge >= 0.3 is 0 Å². The van der Waals surface area contributed by atoms with Crippen LogP contribution in [0.4, 0.5) is 11.4 Å². The lowest BCUT2D eigenvalue weighted by Crippen LogP contribution is -2.48. The molecule has 3 heterocycles. The summed E-state index contributed by atoms with van der Waals surface area (Å²) >= 11 is 1.31. The van der Waals surface area contributed by atoms with Crippen LogP contribution in [-0.4, -0.2) is 34.4 Å². The van der Waals surface area contributed by atoms with Crippen LogP contribution < -0.4 is 4.90 Å². The molecule has 8 heteroatoms. The van der Waals surface area contributed by atoms with E-state index in [0.717, 1.165) is 11.3 Å². The maximum Gasteiger partial charge on any atom is 0.269 e. The molecule has 39 heavy (non-hydrogen) atoms. The summed E-state index contributed by atoms with van der Waals surface area (Å²) < 4.78 is 0. The van der Waals surface area contributed by atoms with Crippen LogP contribution in [0.5, 0.6) is 0 Å². The van der Waals surface area contributed by atoms with Gasteiger partial charge in [-0.15, -0.1) is 11.3 Å². The zero-order valence-electron chi connectivity index (χ0n) is 20.4. The molecule has 1 fully saturated rings. The standard InChI is InChI=1S/C31H20N2O5S/c34-28(24-10-5-17-39-24)27-26(19-11-14-20(15-12-19)33(37)38)31(29(35)21-7-2-3-8-22(21)30(31)36)25-16-13-18-6-1-4-9-23(18)32(25)27/h1-17,25-27H. The molecule has 1 aliphatic carbocycles. The quantitative estimate of drug-likeness (QED) is 0.139. The van der Waals surface area contributed by atoms with Gasteiger partial charge in [-0.1, -0.05) is 72.8 Å². The number of fused-ring (bicyclic) bond motifs is 5. The van der Waals surface area contributed by atoms with E-state index in [0.29, 0.717) is 21.6 Å². The average Bonchev–Trinajstić information content (AvgIpc) is 3.66. The molecule has 2 aliphatic heterocycles. The minimum Gasteiger partial charge on any atom is -0.352 e. The molecule has 7 nitrogen and oxygen atoms in total. The van der Waals surface area contributed by atoms with Crippen molar-refractivity contribution in [2.75, 3.05) is 4.90 Å². The lowest BCUT2D eigenvalue weighted by atomic mass is 9.64. The molecule has 3 aromatic carbocycles. The number of nitro groups is 1. The normalized spacial score (nSPS) is 22.1. The number of thiophene rings is 1. The molecule has 0 radical (unpaired) electrons. The van der Waals surface area contributed by atoms with Crippen molar-refractivity contribution in [3.8, 4) is 0 Å². The van der Waals surface area contributed by atoms with E-state index in [1.54, 1.807) is 48.5 Å². The molecule has 1 aromatic heterocycles. The van der Waals surface area contributed by atoms with Crippen molar-refractivity contribution in [1.29, 1.82) is 0 Å². The highest BCUT2D eigenvalue weighted by Crippen LogP contribution is 2.61. The molecule has 3 unspecified atom stereocenters. The summed E-state index contributed by atoms with van der Waals surface area (Å²) in [5, 5.41) is 13.3. The lowest BCUT2D eigenvalue weighted by molar-refractivity contribution is -0.384. The number of non-ortho nitro benzene ring substituents is 1. The predicted molar refractivity (Wildman–Crippen MR) is 148 cm³/mol. The first-order valence-electron chi connectivity index (χ1n) is 12.5. The molecule has 1 spiro atoms. The van der Waals surface area contributed by atoms with E-state index in [1.165, 1.54) is 23.5 Å². The first-order valence-corrected chi connectivity index (χ1v) is 13.4. The van der Waals surface area contributed by atoms with Gasteiger partial charge in [-0.25, -0.2) is 0 Å². The van der Waals surface area contributed by atoms with Crippen molar-refractivity contribution in [3.63, 3.8) is 0 Å². The third-order valence-electron chi connectivity index (χ3n) is 8.21. The number of para-hydroxylation sites is 1. The average molecular weight is 533 g/mol. The molecular formula is C31H20N2O5S. The number of nitrogens with zero attached hydrogens (tertiary/aromatic N) is 2. The highest BCUT2D eigenvalue weighted by atomic mass is 32.1. The van der Waals surface area contributed by atoms with E-state index in [2.05, 4.69) is 0 Å². The number of ketones is 3. The Morgan fingerprint density at radius 2 is 1.54 bits per heavy atom. The van der Waals surface area contributed by atoms with Gasteiger partial charge in [0.25, 0.3) is 5.69 Å². The number of benzene rings is 3. The first-order chi connectivity index (χ1) is 18.9. The first kappa shape index (κ1) is 23.4. The van der Waals surface area contributed by atoms with Gasteiger partial charge in [0.05, 0.1) is 15.8 Å². The van der Waals surface area contributed by atoms with Crippen LogP contribution in [0.15, 0.2) is 96.4 Å². The third-order valence-corrected chi connectivity index (χ3v) is 9.09. The Hall–Kier alpha value is -4.69. The minimum absolute atomic E-state index is 0.109. The Morgan fingerprint density at radius 1 is 0.872 bits per heavy atom. The zero-order chi connectivity index (χ0) is 26.9. The molecular weight excluding hydrogens is 512 g/mol. The molecule has 3 aliphatic rings. The number of rotatable bonds is 4. The summed E-state index contributed by atoms with van der Waals surface area (Å²) in [5.41, 5.74) is 1.12. The Bertz CT molecular complexity index is 1690. The summed E-state index contributed by atoms with van der Waals surface area (Å²) in [6.07, 6.45) is 3.77. The Kier molecular flexibility index (Phi) is 5.05. The van der Waals surface area contributed by atoms with Gasteiger partial charge in [0.1, 0.15) is 11.5 Å². The Balaban J connectivity index is 1.54. The largest absolute Gasteiger partial charge is 0.352 e. The lowest BCUT2D eigenvalue weighted by Gasteiger charge is -2.37. The number of hydrogen-bond acceptors (Lipinski definition) is 7. The second-order valence-corrected chi connectivity index (χ2v) is 10.9. The van der Waals surface area contributed by atoms with Crippen LogP contribution in [0.1, 0.15) is 47.4 Å². The van der Waals surface area contributed by atoms with E-state index in [4.69, 9.17) is 0 Å². The SMILES string of the molecule is O=C(c1cccs1)C1C(c2ccc([N+](=O)[O-])cc2)C2(C(=O)c3ccccc3C2=O)C2C=Cc3ccccc3N12. The van der Waals surface area contributed by atoms with Gasteiger partial charge in [-0.05, 0) is 28.6 Å². The highest BCUT2D eigenvalue weighted by molar-refractivity contribution is 7.12. The van der Waals surface area contributed by atoms with Crippen molar-refractivity contribution >= 4 is 46.1 Å². The smallest absolute Gasteiger partial charge is 0.269 e. The van der Waals surface area contributed by atoms with Gasteiger partial charge in [-0.3, -0.25) is 24.5 Å². The number of hydrogen-bond donors (Lipinski definition) is 0. The predicted octanol–water partition coefficient (Wildman–Crippen LogP) is 5.97. The van der Waals surface area contributed by atoms with E-state index in [-0.39, 0.29) is 23.0 Å². The molecule has 3 atom stereocenters. The third kappa shape index (κ3) is 3.06. The monoisotopic (exact) mass is 532 g/mol. The minimum atomic E-state index is -1.62. The van der Waals surface area contributed by atoms with Crippen LogP contribution in [-0.2, 0) is 0 Å². The second kappa shape index (κ2) is 8.41. The number of nitro benzene ring substituents is 1. The number of anilines is 1. The van der Waals surface area contributed by atoms with Crippen molar-refractivity contribution in [2.24, 2.45) is 5.41 Å². The molecule has 0 amide bonds. The molecule has 1 saturated heterocycles. The molecule has 7 rings (SSSR count). The fourth-order valence-corrected chi connectivity index (χ4v) is 7.36. The maximum atomic E-state index is 14.5. The summed E-state index contributed by atoms with van der Waals surface area (Å²) in [6, 6.07) is 22.2. The summed E-state index contributed by atoms with van der Waals surface area (Å²) in [7, 11) is 0. The van der Waals surface area contributed by atoms with Gasteiger partial charge in [0.15, 0.2) is 17.3 Å². The van der Waals surface area contributed by atoms with Crippen molar-refractivity contribution in [3.05, 3.63) is 134 Å². The van der Waals surface area contributed by atoms with E-state index < -0.39 is 28.3 Å². The molecule has 0 saturated carbocycles. The number of carbonyl (C=O) groups excluding carboxylic acids is 3. The summed E-state index contributed by atoms with van der Waals surface area (Å²) in [5.74, 6) is -1.74. The summed E-state index contributed by atoms with van der Waals surface area (Å²) in [4.78, 5) is 56.8. The Morgan fingerprint density at radius 3 is 2.18 bits per heavy atom. The fraction of sp³-hybridized carbons (Fsp3) is 0.129. The molecule has 0 N–H and O–H groups in total. The molecule has 4 aromatic rings. The zero-order valence-corrected chi connectivity index (χ0v) is 21.2. The van der Waals surface area contributed by atoms with Crippen molar-refractivity contribution < 1.29 is 19.3 Å². The highest BCUT2D eigenvalue weighted by Gasteiger charge is 2.71. The van der Waals surface area contributed by atoms with Crippen LogP contribution in [0.2, 0.25) is 0 Å². The van der Waals surface area contributed by atoms with E-state index >= 15 is 0 Å². The van der Waals surface area contributed by atoms with Crippen molar-refractivity contribution in [2.45, 2.75) is 18.0 Å². The van der Waals surface area contributed by atoms with Crippen LogP contribution >= 0.6 is 11.3 Å². The van der Waals surface area contributed by atoms with Crippen molar-refractivity contribution in [1.82, 2.24) is 0 Å². The van der Waals surface area contributed by atoms with Crippen LogP contribution in [0.3, 0.4) is 0 Å². The molecule has 190 valence electrons. The van der Waals surface area contributed by atoms with Gasteiger partial charge < -0.3 is 4.90 Å². The van der Waals surface area contributed by atoms with E-state index in [1.807, 2.05) is 46.7 Å². The Labute approximate surface area is 227 Å². The van der Waals surface area contributed by atoms with Gasteiger partial charge in [0.2, 0.25) is 0 Å². The van der Waals surface area contributed by atoms with Gasteiger partial charge in [-0.2, -0.15) is 0 Å². The summed E-state index contributed by atoms with van der Waals surface area (Å²) in [6.45, 7) is 0. The number of carbonyl (C=O) groups is 3. The van der Waals surface area contributed by atoms with E-state index in [9.17, 15) is 24.5 Å². The topological polar surface area (TPSA) is 97.6 Å². The van der Waals surface area contributed by atoms with Gasteiger partial charge in [0, 0.05) is 34.9 Å².